The van der Waals surface area contributed by atoms with Crippen molar-refractivity contribution in [1.82, 2.24) is 10.2 Å². The van der Waals surface area contributed by atoms with Crippen LogP contribution in [-0.2, 0) is 9.47 Å². The molecule has 0 aromatic carbocycles. The van der Waals surface area contributed by atoms with Crippen molar-refractivity contribution < 1.29 is 9.47 Å². The molecule has 0 aromatic rings. The lowest BCUT2D eigenvalue weighted by Crippen LogP contribution is -2.47. The van der Waals surface area contributed by atoms with E-state index < -0.39 is 0 Å². The molecule has 0 bridgehead atoms. The van der Waals surface area contributed by atoms with Gasteiger partial charge in [-0.3, -0.25) is 4.90 Å². The quantitative estimate of drug-likeness (QED) is 0.823. The van der Waals surface area contributed by atoms with Crippen LogP contribution in [0, 0.1) is 0 Å². The van der Waals surface area contributed by atoms with Gasteiger partial charge in [-0.15, -0.1) is 0 Å². The van der Waals surface area contributed by atoms with Crippen LogP contribution in [0.3, 0.4) is 0 Å². The highest BCUT2D eigenvalue weighted by Gasteiger charge is 2.25. The van der Waals surface area contributed by atoms with E-state index in [1.807, 2.05) is 0 Å². The van der Waals surface area contributed by atoms with E-state index in [2.05, 4.69) is 31.1 Å². The van der Waals surface area contributed by atoms with Gasteiger partial charge in [-0.05, 0) is 46.6 Å². The van der Waals surface area contributed by atoms with Crippen LogP contribution in [0.2, 0.25) is 0 Å². The molecule has 4 heteroatoms. The Morgan fingerprint density at radius 3 is 2.63 bits per heavy atom. The minimum atomic E-state index is 0.262. The van der Waals surface area contributed by atoms with E-state index in [1.54, 1.807) is 0 Å². The third-order valence-electron chi connectivity index (χ3n) is 4.50. The summed E-state index contributed by atoms with van der Waals surface area (Å²) in [5, 5.41) is 3.36. The number of hydrogen-bond acceptors (Lipinski definition) is 4. The van der Waals surface area contributed by atoms with Crippen molar-refractivity contribution in [1.29, 1.82) is 0 Å². The number of nitrogens with zero attached hydrogens (tertiary/aromatic N) is 1. The van der Waals surface area contributed by atoms with Gasteiger partial charge >= 0.3 is 0 Å². The Labute approximate surface area is 117 Å². The second-order valence-electron chi connectivity index (χ2n) is 6.18. The van der Waals surface area contributed by atoms with Crippen LogP contribution in [0.4, 0.5) is 0 Å². The molecule has 1 heterocycles. The maximum absolute atomic E-state index is 6.06. The number of rotatable bonds is 5. The summed E-state index contributed by atoms with van der Waals surface area (Å²) in [7, 11) is 2.06. The molecule has 0 aromatic heterocycles. The first-order valence-corrected chi connectivity index (χ1v) is 7.83. The van der Waals surface area contributed by atoms with E-state index in [4.69, 9.17) is 9.47 Å². The first kappa shape index (κ1) is 15.2. The van der Waals surface area contributed by atoms with E-state index >= 15 is 0 Å². The van der Waals surface area contributed by atoms with Crippen molar-refractivity contribution >= 4 is 0 Å². The largest absolute Gasteiger partial charge is 0.375 e. The molecule has 1 unspecified atom stereocenters. The van der Waals surface area contributed by atoms with Gasteiger partial charge in [-0.1, -0.05) is 0 Å². The number of hydrogen-bond donors (Lipinski definition) is 1. The zero-order chi connectivity index (χ0) is 13.7. The fraction of sp³-hybridized carbons (Fsp3) is 1.00. The van der Waals surface area contributed by atoms with Gasteiger partial charge in [0.05, 0.1) is 25.4 Å². The standard InChI is InChI=1S/C15H30N2O2/c1-12(2)17-8-9-18-15(10-17)11-19-14-6-4-13(16-3)5-7-14/h12-16H,4-11H2,1-3H3. The Morgan fingerprint density at radius 2 is 2.00 bits per heavy atom. The molecule has 19 heavy (non-hydrogen) atoms. The Kier molecular flexibility index (Phi) is 6.07. The molecule has 0 spiro atoms. The van der Waals surface area contributed by atoms with Gasteiger partial charge in [0.1, 0.15) is 0 Å². The molecule has 1 aliphatic carbocycles. The predicted molar refractivity (Wildman–Crippen MR) is 77.5 cm³/mol. The third kappa shape index (κ3) is 4.71. The van der Waals surface area contributed by atoms with Crippen molar-refractivity contribution in [2.24, 2.45) is 0 Å². The lowest BCUT2D eigenvalue weighted by Gasteiger charge is -2.36. The van der Waals surface area contributed by atoms with Crippen LogP contribution >= 0.6 is 0 Å². The predicted octanol–water partition coefficient (Wildman–Crippen LogP) is 1.64. The van der Waals surface area contributed by atoms with E-state index in [0.29, 0.717) is 18.2 Å². The SMILES string of the molecule is CNC1CCC(OCC2CN(C(C)C)CCO2)CC1. The summed E-state index contributed by atoms with van der Waals surface area (Å²) in [6, 6.07) is 1.31. The molecule has 0 amide bonds. The summed E-state index contributed by atoms with van der Waals surface area (Å²) in [6.07, 6.45) is 5.56. The summed E-state index contributed by atoms with van der Waals surface area (Å²) >= 11 is 0. The van der Waals surface area contributed by atoms with Crippen LogP contribution < -0.4 is 5.32 Å². The minimum absolute atomic E-state index is 0.262. The van der Waals surface area contributed by atoms with Crippen LogP contribution in [0.5, 0.6) is 0 Å². The molecule has 4 nitrogen and oxygen atoms in total. The van der Waals surface area contributed by atoms with Crippen LogP contribution in [0.15, 0.2) is 0 Å². The number of morpholine rings is 1. The topological polar surface area (TPSA) is 33.7 Å². The normalized spacial score (nSPS) is 33.8. The van der Waals surface area contributed by atoms with Gasteiger partial charge < -0.3 is 14.8 Å². The lowest BCUT2D eigenvalue weighted by molar-refractivity contribution is -0.0958. The summed E-state index contributed by atoms with van der Waals surface area (Å²) < 4.78 is 11.9. The number of ether oxygens (including phenoxy) is 2. The number of nitrogens with one attached hydrogen (secondary N) is 1. The van der Waals surface area contributed by atoms with Gasteiger partial charge in [0.15, 0.2) is 0 Å². The molecule has 2 fully saturated rings. The molecule has 2 aliphatic rings. The summed E-state index contributed by atoms with van der Waals surface area (Å²) in [5.74, 6) is 0. The van der Waals surface area contributed by atoms with Crippen molar-refractivity contribution in [3.8, 4) is 0 Å². The Hall–Kier alpha value is -0.160. The highest BCUT2D eigenvalue weighted by atomic mass is 16.5. The smallest absolute Gasteiger partial charge is 0.0935 e. The Bertz CT molecular complexity index is 253. The highest BCUT2D eigenvalue weighted by molar-refractivity contribution is 4.78. The van der Waals surface area contributed by atoms with E-state index in [1.165, 1.54) is 25.7 Å². The summed E-state index contributed by atoms with van der Waals surface area (Å²) in [6.45, 7) is 8.19. The average Bonchev–Trinajstić information content (AvgIpc) is 2.46. The molecule has 1 saturated carbocycles. The van der Waals surface area contributed by atoms with Gasteiger partial charge in [-0.2, -0.15) is 0 Å². The summed E-state index contributed by atoms with van der Waals surface area (Å²) in [4.78, 5) is 2.48. The van der Waals surface area contributed by atoms with Gasteiger partial charge in [0.25, 0.3) is 0 Å². The molecule has 1 saturated heterocycles. The maximum atomic E-state index is 6.06. The third-order valence-corrected chi connectivity index (χ3v) is 4.50. The maximum Gasteiger partial charge on any atom is 0.0935 e. The zero-order valence-electron chi connectivity index (χ0n) is 12.7. The molecule has 2 rings (SSSR count). The van der Waals surface area contributed by atoms with Crippen molar-refractivity contribution in [3.63, 3.8) is 0 Å². The molecule has 1 aliphatic heterocycles. The first-order valence-electron chi connectivity index (χ1n) is 7.83. The highest BCUT2D eigenvalue weighted by Crippen LogP contribution is 2.21. The van der Waals surface area contributed by atoms with Crippen molar-refractivity contribution in [2.75, 3.05) is 33.4 Å². The van der Waals surface area contributed by atoms with E-state index in [9.17, 15) is 0 Å². The van der Waals surface area contributed by atoms with Crippen molar-refractivity contribution in [2.45, 2.75) is 63.8 Å². The fourth-order valence-electron chi connectivity index (χ4n) is 3.07. The molecule has 1 atom stereocenters. The Morgan fingerprint density at radius 1 is 1.26 bits per heavy atom. The zero-order valence-corrected chi connectivity index (χ0v) is 12.7. The van der Waals surface area contributed by atoms with Gasteiger partial charge in [0, 0.05) is 25.2 Å². The lowest BCUT2D eigenvalue weighted by atomic mass is 9.93. The van der Waals surface area contributed by atoms with Crippen LogP contribution in [0.1, 0.15) is 39.5 Å². The van der Waals surface area contributed by atoms with E-state index in [-0.39, 0.29) is 6.10 Å². The summed E-state index contributed by atoms with van der Waals surface area (Å²) in [5.41, 5.74) is 0. The Balaban J connectivity index is 1.65. The van der Waals surface area contributed by atoms with Crippen LogP contribution in [-0.4, -0.2) is 62.5 Å². The van der Waals surface area contributed by atoms with Gasteiger partial charge in [0.2, 0.25) is 0 Å². The monoisotopic (exact) mass is 270 g/mol. The molecule has 112 valence electrons. The molecule has 1 N–H and O–H groups in total. The molecule has 0 radical (unpaired) electrons. The molecular formula is C15H30N2O2. The van der Waals surface area contributed by atoms with Crippen molar-refractivity contribution in [3.05, 3.63) is 0 Å². The second kappa shape index (κ2) is 7.58. The van der Waals surface area contributed by atoms with E-state index in [0.717, 1.165) is 26.3 Å². The minimum Gasteiger partial charge on any atom is -0.375 e. The van der Waals surface area contributed by atoms with Crippen LogP contribution in [0.25, 0.3) is 0 Å². The van der Waals surface area contributed by atoms with Gasteiger partial charge in [-0.25, -0.2) is 0 Å². The second-order valence-corrected chi connectivity index (χ2v) is 6.18. The first-order chi connectivity index (χ1) is 9.19. The molecular weight excluding hydrogens is 240 g/mol. The fourth-order valence-corrected chi connectivity index (χ4v) is 3.07. The average molecular weight is 270 g/mol.